The molecule has 2 aliphatic heterocycles. The maximum absolute atomic E-state index is 6.01. The molecule has 0 aromatic carbocycles. The van der Waals surface area contributed by atoms with E-state index in [1.54, 1.807) is 0 Å². The number of fused-ring (bicyclic) bond motifs is 1. The number of hydrogen-bond donors (Lipinski definition) is 1. The van der Waals surface area contributed by atoms with Crippen molar-refractivity contribution < 1.29 is 0 Å². The first-order valence-electron chi connectivity index (χ1n) is 8.55. The van der Waals surface area contributed by atoms with Crippen molar-refractivity contribution in [3.63, 3.8) is 0 Å². The molecule has 19 heavy (non-hydrogen) atoms. The molecule has 3 fully saturated rings. The third-order valence-electron chi connectivity index (χ3n) is 5.96. The molecule has 3 rings (SSSR count). The number of hydrogen-bond acceptors (Lipinski definition) is 3. The number of piperidine rings is 1. The Morgan fingerprint density at radius 3 is 2.68 bits per heavy atom. The molecule has 0 radical (unpaired) electrons. The molecule has 0 aromatic heterocycles. The fourth-order valence-corrected chi connectivity index (χ4v) is 5.05. The summed E-state index contributed by atoms with van der Waals surface area (Å²) in [4.78, 5) is 5.61. The maximum Gasteiger partial charge on any atom is 0.0266 e. The summed E-state index contributed by atoms with van der Waals surface area (Å²) in [5, 5.41) is 0. The van der Waals surface area contributed by atoms with Gasteiger partial charge in [0.15, 0.2) is 0 Å². The zero-order valence-corrected chi connectivity index (χ0v) is 12.6. The summed E-state index contributed by atoms with van der Waals surface area (Å²) < 4.78 is 0. The smallest absolute Gasteiger partial charge is 0.0266 e. The van der Waals surface area contributed by atoms with E-state index in [-0.39, 0.29) is 0 Å². The highest BCUT2D eigenvalue weighted by Crippen LogP contribution is 2.36. The van der Waals surface area contributed by atoms with Crippen molar-refractivity contribution in [1.82, 2.24) is 9.80 Å². The van der Waals surface area contributed by atoms with Gasteiger partial charge >= 0.3 is 0 Å². The average Bonchev–Trinajstić information content (AvgIpc) is 3.07. The highest BCUT2D eigenvalue weighted by atomic mass is 15.3. The second-order valence-electron chi connectivity index (χ2n) is 6.78. The van der Waals surface area contributed by atoms with E-state index in [2.05, 4.69) is 16.7 Å². The van der Waals surface area contributed by atoms with Gasteiger partial charge in [0, 0.05) is 24.7 Å². The van der Waals surface area contributed by atoms with E-state index in [0.29, 0.717) is 0 Å². The van der Waals surface area contributed by atoms with E-state index in [4.69, 9.17) is 5.73 Å². The quantitative estimate of drug-likeness (QED) is 0.844. The molecule has 2 heterocycles. The lowest BCUT2D eigenvalue weighted by Gasteiger charge is -2.42. The highest BCUT2D eigenvalue weighted by molar-refractivity contribution is 4.99. The molecule has 0 aromatic rings. The molecular weight excluding hydrogens is 234 g/mol. The lowest BCUT2D eigenvalue weighted by molar-refractivity contribution is 0.0706. The Morgan fingerprint density at radius 2 is 1.89 bits per heavy atom. The lowest BCUT2D eigenvalue weighted by Crippen LogP contribution is -2.52. The van der Waals surface area contributed by atoms with Gasteiger partial charge in [0.25, 0.3) is 0 Å². The zero-order valence-electron chi connectivity index (χ0n) is 12.6. The third-order valence-corrected chi connectivity index (χ3v) is 5.96. The number of rotatable bonds is 4. The first kappa shape index (κ1) is 13.8. The summed E-state index contributed by atoms with van der Waals surface area (Å²) >= 11 is 0. The molecule has 4 atom stereocenters. The monoisotopic (exact) mass is 265 g/mol. The predicted octanol–water partition coefficient (Wildman–Crippen LogP) is 2.06. The largest absolute Gasteiger partial charge is 0.330 e. The number of nitrogens with two attached hydrogens (primary N) is 1. The summed E-state index contributed by atoms with van der Waals surface area (Å²) in [5.74, 6) is 0.762. The molecule has 0 bridgehead atoms. The van der Waals surface area contributed by atoms with E-state index in [0.717, 1.165) is 30.6 Å². The number of nitrogens with zero attached hydrogens (tertiary/aromatic N) is 2. The topological polar surface area (TPSA) is 32.5 Å². The van der Waals surface area contributed by atoms with Crippen LogP contribution in [0.4, 0.5) is 0 Å². The van der Waals surface area contributed by atoms with Crippen LogP contribution < -0.4 is 5.73 Å². The first-order chi connectivity index (χ1) is 9.35. The van der Waals surface area contributed by atoms with E-state index >= 15 is 0 Å². The summed E-state index contributed by atoms with van der Waals surface area (Å²) in [5.41, 5.74) is 6.01. The van der Waals surface area contributed by atoms with Crippen molar-refractivity contribution in [3.05, 3.63) is 0 Å². The van der Waals surface area contributed by atoms with Crippen molar-refractivity contribution >= 4 is 0 Å². The predicted molar refractivity (Wildman–Crippen MR) is 80.2 cm³/mol. The van der Waals surface area contributed by atoms with Gasteiger partial charge in [0.05, 0.1) is 0 Å². The van der Waals surface area contributed by atoms with Crippen LogP contribution in [0.25, 0.3) is 0 Å². The third kappa shape index (κ3) is 2.57. The van der Waals surface area contributed by atoms with Crippen molar-refractivity contribution in [3.8, 4) is 0 Å². The Labute approximate surface area is 118 Å². The van der Waals surface area contributed by atoms with Gasteiger partial charge in [-0.25, -0.2) is 0 Å². The van der Waals surface area contributed by atoms with Gasteiger partial charge in [0.2, 0.25) is 0 Å². The average molecular weight is 265 g/mol. The Balaban J connectivity index is 1.71. The molecule has 3 aliphatic rings. The summed E-state index contributed by atoms with van der Waals surface area (Å²) in [6.07, 6.45) is 9.83. The molecule has 3 heteroatoms. The maximum atomic E-state index is 6.01. The first-order valence-corrected chi connectivity index (χ1v) is 8.55. The summed E-state index contributed by atoms with van der Waals surface area (Å²) in [6, 6.07) is 2.46. The SMILES string of the molecule is CCN(C1CCCC1CN)C1CCN2CCCCC12. The molecule has 0 amide bonds. The van der Waals surface area contributed by atoms with Crippen molar-refractivity contribution in [2.24, 2.45) is 11.7 Å². The molecule has 2 saturated heterocycles. The Bertz CT molecular complexity index is 294. The molecule has 110 valence electrons. The molecule has 3 nitrogen and oxygen atoms in total. The van der Waals surface area contributed by atoms with Gasteiger partial charge in [-0.2, -0.15) is 0 Å². The minimum Gasteiger partial charge on any atom is -0.330 e. The van der Waals surface area contributed by atoms with Crippen molar-refractivity contribution in [2.75, 3.05) is 26.2 Å². The van der Waals surface area contributed by atoms with Crippen molar-refractivity contribution in [2.45, 2.75) is 70.0 Å². The van der Waals surface area contributed by atoms with E-state index in [1.165, 1.54) is 64.6 Å². The van der Waals surface area contributed by atoms with Gasteiger partial charge in [-0.1, -0.05) is 19.8 Å². The molecule has 4 unspecified atom stereocenters. The fraction of sp³-hybridized carbons (Fsp3) is 1.00. The summed E-state index contributed by atoms with van der Waals surface area (Å²) in [6.45, 7) is 7.16. The van der Waals surface area contributed by atoms with E-state index in [1.807, 2.05) is 0 Å². The Morgan fingerprint density at radius 1 is 1.00 bits per heavy atom. The van der Waals surface area contributed by atoms with Crippen LogP contribution in [-0.4, -0.2) is 54.1 Å². The molecule has 0 spiro atoms. The van der Waals surface area contributed by atoms with Gasteiger partial charge in [0.1, 0.15) is 0 Å². The minimum absolute atomic E-state index is 0.762. The van der Waals surface area contributed by atoms with E-state index in [9.17, 15) is 0 Å². The van der Waals surface area contributed by atoms with Gasteiger partial charge in [-0.15, -0.1) is 0 Å². The van der Waals surface area contributed by atoms with Crippen LogP contribution in [-0.2, 0) is 0 Å². The van der Waals surface area contributed by atoms with E-state index < -0.39 is 0 Å². The van der Waals surface area contributed by atoms with Crippen molar-refractivity contribution in [1.29, 1.82) is 0 Å². The van der Waals surface area contributed by atoms with Gasteiger partial charge in [-0.3, -0.25) is 9.80 Å². The second kappa shape index (κ2) is 6.11. The zero-order chi connectivity index (χ0) is 13.2. The normalized spacial score (nSPS) is 39.9. The Hall–Kier alpha value is -0.120. The van der Waals surface area contributed by atoms with Crippen LogP contribution in [0.1, 0.15) is 51.9 Å². The van der Waals surface area contributed by atoms with Crippen LogP contribution in [0, 0.1) is 5.92 Å². The highest BCUT2D eigenvalue weighted by Gasteiger charge is 2.42. The summed E-state index contributed by atoms with van der Waals surface area (Å²) in [7, 11) is 0. The van der Waals surface area contributed by atoms with Crippen LogP contribution in [0.15, 0.2) is 0 Å². The molecular formula is C16H31N3. The second-order valence-corrected chi connectivity index (χ2v) is 6.78. The van der Waals surface area contributed by atoms with Crippen LogP contribution in [0.2, 0.25) is 0 Å². The molecule has 2 N–H and O–H groups in total. The Kier molecular flexibility index (Phi) is 4.45. The molecule has 1 aliphatic carbocycles. The molecule has 1 saturated carbocycles. The van der Waals surface area contributed by atoms with Crippen LogP contribution >= 0.6 is 0 Å². The lowest BCUT2D eigenvalue weighted by atomic mass is 9.94. The van der Waals surface area contributed by atoms with Crippen LogP contribution in [0.3, 0.4) is 0 Å². The standard InChI is InChI=1S/C16H31N3/c1-2-19(14-8-5-6-13(14)12-17)16-9-11-18-10-4-3-7-15(16)18/h13-16H,2-12,17H2,1H3. The minimum atomic E-state index is 0.762. The van der Waals surface area contributed by atoms with Crippen LogP contribution in [0.5, 0.6) is 0 Å². The fourth-order valence-electron chi connectivity index (χ4n) is 5.05. The number of likely N-dealkylation sites (N-methyl/N-ethyl adjacent to an activating group) is 1. The van der Waals surface area contributed by atoms with Gasteiger partial charge < -0.3 is 5.73 Å². The van der Waals surface area contributed by atoms with Gasteiger partial charge in [-0.05, 0) is 57.7 Å².